The number of anilines is 2. The van der Waals surface area contributed by atoms with Gasteiger partial charge >= 0.3 is 0 Å². The highest BCUT2D eigenvalue weighted by Crippen LogP contribution is 2.20. The van der Waals surface area contributed by atoms with Gasteiger partial charge in [-0.1, -0.05) is 41.1 Å². The highest BCUT2D eigenvalue weighted by molar-refractivity contribution is 14.0. The zero-order valence-corrected chi connectivity index (χ0v) is 18.8. The van der Waals surface area contributed by atoms with Crippen molar-refractivity contribution in [3.63, 3.8) is 0 Å². The van der Waals surface area contributed by atoms with Gasteiger partial charge in [-0.2, -0.15) is 0 Å². The Morgan fingerprint density at radius 2 is 1.96 bits per heavy atom. The lowest BCUT2D eigenvalue weighted by Crippen LogP contribution is -2.23. The van der Waals surface area contributed by atoms with E-state index in [1.165, 1.54) is 5.56 Å². The Morgan fingerprint density at radius 3 is 2.69 bits per heavy atom. The lowest BCUT2D eigenvalue weighted by molar-refractivity contribution is -0.116. The van der Waals surface area contributed by atoms with E-state index in [4.69, 9.17) is 5.73 Å². The summed E-state index contributed by atoms with van der Waals surface area (Å²) in [6, 6.07) is 13.8. The standard InChI is InChI=1S/C19H23BrN4O.HI/c1-3-14-5-4-6-16(11-14)23-19(21)22-10-9-18(25)24-17-12-15(20)8-7-13(17)2;/h4-8,11-12H,3,9-10H2,1-2H3,(H,24,25)(H3,21,22,23);1H. The second-order valence-corrected chi connectivity index (χ2v) is 6.62. The largest absolute Gasteiger partial charge is 0.370 e. The molecule has 4 N–H and O–H groups in total. The fraction of sp³-hybridized carbons (Fsp3) is 0.263. The molecule has 0 aliphatic heterocycles. The molecule has 0 radical (unpaired) electrons. The summed E-state index contributed by atoms with van der Waals surface area (Å²) in [4.78, 5) is 16.3. The predicted molar refractivity (Wildman–Crippen MR) is 123 cm³/mol. The van der Waals surface area contributed by atoms with Crippen LogP contribution in [0.25, 0.3) is 0 Å². The van der Waals surface area contributed by atoms with E-state index in [1.54, 1.807) is 0 Å². The Kier molecular flexibility index (Phi) is 9.64. The monoisotopic (exact) mass is 530 g/mol. The average Bonchev–Trinajstić information content (AvgIpc) is 2.58. The number of hydrogen-bond acceptors (Lipinski definition) is 2. The number of benzene rings is 2. The summed E-state index contributed by atoms with van der Waals surface area (Å²) in [7, 11) is 0. The smallest absolute Gasteiger partial charge is 0.226 e. The molecule has 0 unspecified atom stereocenters. The number of guanidine groups is 1. The summed E-state index contributed by atoms with van der Waals surface area (Å²) in [5.74, 6) is 0.213. The van der Waals surface area contributed by atoms with Crippen LogP contribution >= 0.6 is 39.9 Å². The maximum Gasteiger partial charge on any atom is 0.226 e. The van der Waals surface area contributed by atoms with Gasteiger partial charge in [0, 0.05) is 22.3 Å². The van der Waals surface area contributed by atoms with E-state index in [2.05, 4.69) is 44.5 Å². The molecule has 2 aromatic carbocycles. The molecule has 2 aromatic rings. The molecule has 0 atom stereocenters. The predicted octanol–water partition coefficient (Wildman–Crippen LogP) is 4.69. The highest BCUT2D eigenvalue weighted by atomic mass is 127. The van der Waals surface area contributed by atoms with Crippen LogP contribution in [0.1, 0.15) is 24.5 Å². The Balaban J connectivity index is 0.00000338. The molecular formula is C19H24BrIN4O. The van der Waals surface area contributed by atoms with Crippen molar-refractivity contribution in [2.24, 2.45) is 10.7 Å². The van der Waals surface area contributed by atoms with Gasteiger partial charge in [-0.05, 0) is 48.7 Å². The number of aryl methyl sites for hydroxylation is 2. The third-order valence-electron chi connectivity index (χ3n) is 3.70. The van der Waals surface area contributed by atoms with Gasteiger partial charge in [0.25, 0.3) is 0 Å². The van der Waals surface area contributed by atoms with Crippen LogP contribution in [-0.4, -0.2) is 18.4 Å². The zero-order valence-electron chi connectivity index (χ0n) is 14.9. The molecule has 1 amide bonds. The lowest BCUT2D eigenvalue weighted by atomic mass is 10.1. The first kappa shape index (κ1) is 22.4. The number of halogens is 2. The summed E-state index contributed by atoms with van der Waals surface area (Å²) >= 11 is 3.40. The molecule has 0 aliphatic carbocycles. The third-order valence-corrected chi connectivity index (χ3v) is 4.20. The first-order chi connectivity index (χ1) is 12.0. The summed E-state index contributed by atoms with van der Waals surface area (Å²) in [6.45, 7) is 4.37. The molecule has 0 aromatic heterocycles. The number of nitrogens with one attached hydrogen (secondary N) is 2. The van der Waals surface area contributed by atoms with E-state index in [0.717, 1.165) is 27.8 Å². The van der Waals surface area contributed by atoms with Crippen molar-refractivity contribution in [1.82, 2.24) is 0 Å². The average molecular weight is 531 g/mol. The van der Waals surface area contributed by atoms with E-state index < -0.39 is 0 Å². The number of nitrogens with two attached hydrogens (primary N) is 1. The molecule has 0 bridgehead atoms. The maximum atomic E-state index is 12.0. The minimum absolute atomic E-state index is 0. The number of carbonyl (C=O) groups is 1. The molecule has 5 nitrogen and oxygen atoms in total. The van der Waals surface area contributed by atoms with Crippen LogP contribution in [0.5, 0.6) is 0 Å². The summed E-state index contributed by atoms with van der Waals surface area (Å²) in [5, 5.41) is 5.94. The summed E-state index contributed by atoms with van der Waals surface area (Å²) < 4.78 is 0.925. The van der Waals surface area contributed by atoms with Crippen LogP contribution in [0.15, 0.2) is 51.9 Å². The van der Waals surface area contributed by atoms with Crippen molar-refractivity contribution in [3.05, 3.63) is 58.1 Å². The minimum Gasteiger partial charge on any atom is -0.370 e. The number of nitrogens with zero attached hydrogens (tertiary/aromatic N) is 1. The Hall–Kier alpha value is -1.61. The van der Waals surface area contributed by atoms with Gasteiger partial charge in [0.2, 0.25) is 5.91 Å². The van der Waals surface area contributed by atoms with Gasteiger partial charge in [0.05, 0.1) is 6.54 Å². The third kappa shape index (κ3) is 7.33. The molecule has 0 saturated carbocycles. The van der Waals surface area contributed by atoms with Crippen LogP contribution in [0.2, 0.25) is 0 Å². The van der Waals surface area contributed by atoms with Crippen molar-refractivity contribution >= 4 is 63.1 Å². The highest BCUT2D eigenvalue weighted by Gasteiger charge is 2.05. The normalized spacial score (nSPS) is 10.8. The first-order valence-electron chi connectivity index (χ1n) is 8.20. The van der Waals surface area contributed by atoms with Crippen molar-refractivity contribution in [2.75, 3.05) is 17.2 Å². The molecule has 0 heterocycles. The second kappa shape index (κ2) is 11.2. The van der Waals surface area contributed by atoms with Crippen LogP contribution in [0, 0.1) is 6.92 Å². The van der Waals surface area contributed by atoms with Crippen LogP contribution < -0.4 is 16.4 Å². The lowest BCUT2D eigenvalue weighted by Gasteiger charge is -2.09. The van der Waals surface area contributed by atoms with Crippen LogP contribution in [-0.2, 0) is 11.2 Å². The number of rotatable bonds is 6. The number of hydrogen-bond donors (Lipinski definition) is 3. The summed E-state index contributed by atoms with van der Waals surface area (Å²) in [6.07, 6.45) is 1.23. The molecule has 26 heavy (non-hydrogen) atoms. The molecule has 7 heteroatoms. The van der Waals surface area contributed by atoms with Crippen molar-refractivity contribution in [2.45, 2.75) is 26.7 Å². The van der Waals surface area contributed by atoms with E-state index in [0.29, 0.717) is 12.5 Å². The maximum absolute atomic E-state index is 12.0. The van der Waals surface area contributed by atoms with Gasteiger partial charge in [0.15, 0.2) is 5.96 Å². The topological polar surface area (TPSA) is 79.5 Å². The van der Waals surface area contributed by atoms with Gasteiger partial charge in [-0.3, -0.25) is 9.79 Å². The molecule has 140 valence electrons. The van der Waals surface area contributed by atoms with Gasteiger partial charge in [-0.25, -0.2) is 0 Å². The van der Waals surface area contributed by atoms with E-state index in [9.17, 15) is 4.79 Å². The second-order valence-electron chi connectivity index (χ2n) is 5.70. The molecule has 0 aliphatic rings. The number of carbonyl (C=O) groups excluding carboxylic acids is 1. The molecular weight excluding hydrogens is 507 g/mol. The van der Waals surface area contributed by atoms with Gasteiger partial charge in [-0.15, -0.1) is 24.0 Å². The Labute approximate surface area is 180 Å². The van der Waals surface area contributed by atoms with E-state index in [1.807, 2.05) is 43.3 Å². The van der Waals surface area contributed by atoms with Gasteiger partial charge < -0.3 is 16.4 Å². The molecule has 0 spiro atoms. The van der Waals surface area contributed by atoms with Crippen molar-refractivity contribution < 1.29 is 4.79 Å². The van der Waals surface area contributed by atoms with E-state index in [-0.39, 0.29) is 36.3 Å². The fourth-order valence-corrected chi connectivity index (χ4v) is 2.64. The molecule has 0 saturated heterocycles. The molecule has 2 rings (SSSR count). The Morgan fingerprint density at radius 1 is 1.19 bits per heavy atom. The van der Waals surface area contributed by atoms with E-state index >= 15 is 0 Å². The summed E-state index contributed by atoms with van der Waals surface area (Å²) in [5.41, 5.74) is 9.81. The Bertz CT molecular complexity index is 780. The molecule has 0 fully saturated rings. The van der Waals surface area contributed by atoms with Crippen molar-refractivity contribution in [3.8, 4) is 0 Å². The first-order valence-corrected chi connectivity index (χ1v) is 8.99. The number of amides is 1. The number of aliphatic imine (C=N–C) groups is 1. The van der Waals surface area contributed by atoms with Gasteiger partial charge in [0.1, 0.15) is 0 Å². The quantitative estimate of drug-likeness (QED) is 0.288. The minimum atomic E-state index is -0.0919. The van der Waals surface area contributed by atoms with Crippen LogP contribution in [0.3, 0.4) is 0 Å². The SMILES string of the molecule is CCc1cccc(NC(N)=NCCC(=O)Nc2cc(Br)ccc2C)c1.I. The van der Waals surface area contributed by atoms with Crippen LogP contribution in [0.4, 0.5) is 11.4 Å². The zero-order chi connectivity index (χ0) is 18.2. The van der Waals surface area contributed by atoms with Crippen molar-refractivity contribution in [1.29, 1.82) is 0 Å². The fourth-order valence-electron chi connectivity index (χ4n) is 2.28.